The van der Waals surface area contributed by atoms with Crippen LogP contribution in [0.4, 0.5) is 4.39 Å². The molecule has 34 heavy (non-hydrogen) atoms. The summed E-state index contributed by atoms with van der Waals surface area (Å²) >= 11 is 0. The lowest BCUT2D eigenvalue weighted by atomic mass is 9.99. The smallest absolute Gasteiger partial charge is 0.295 e. The predicted molar refractivity (Wildman–Crippen MR) is 126 cm³/mol. The van der Waals surface area contributed by atoms with E-state index >= 15 is 0 Å². The third-order valence-electron chi connectivity index (χ3n) is 6.23. The zero-order valence-corrected chi connectivity index (χ0v) is 18.3. The van der Waals surface area contributed by atoms with Crippen molar-refractivity contribution in [1.29, 1.82) is 0 Å². The van der Waals surface area contributed by atoms with Crippen molar-refractivity contribution in [3.05, 3.63) is 108 Å². The predicted octanol–water partition coefficient (Wildman–Crippen LogP) is 4.22. The molecule has 0 radical (unpaired) electrons. The molecule has 1 atom stereocenters. The summed E-state index contributed by atoms with van der Waals surface area (Å²) in [4.78, 5) is 45.8. The number of aromatic amines is 1. The molecule has 4 aromatic rings. The number of hydrogen-bond donors (Lipinski definition) is 1. The number of nitrogens with zero attached hydrogens (tertiary/aromatic N) is 2. The highest BCUT2D eigenvalue weighted by atomic mass is 19.1. The van der Waals surface area contributed by atoms with Crippen LogP contribution in [0.2, 0.25) is 0 Å². The second-order valence-corrected chi connectivity index (χ2v) is 8.24. The van der Waals surface area contributed by atoms with Crippen molar-refractivity contribution in [1.82, 2.24) is 14.8 Å². The molecule has 2 heterocycles. The molecule has 170 valence electrons. The molecule has 0 spiro atoms. The number of rotatable bonds is 4. The van der Waals surface area contributed by atoms with Gasteiger partial charge in [-0.2, -0.15) is 0 Å². The first-order chi connectivity index (χ1) is 16.5. The number of piperazine rings is 1. The third-order valence-corrected chi connectivity index (χ3v) is 6.23. The SMILES string of the molecule is O=C(C(=O)N1CCN(C(=O)c2ccccc2)CC1c1ccccc1)c1c[nH]c2cccc(F)c12. The van der Waals surface area contributed by atoms with Crippen LogP contribution in [0.5, 0.6) is 0 Å². The molecule has 6 nitrogen and oxygen atoms in total. The van der Waals surface area contributed by atoms with E-state index in [-0.39, 0.29) is 29.9 Å². The summed E-state index contributed by atoms with van der Waals surface area (Å²) in [5, 5.41) is 0.106. The van der Waals surface area contributed by atoms with Crippen molar-refractivity contribution in [2.24, 2.45) is 0 Å². The third kappa shape index (κ3) is 3.85. The van der Waals surface area contributed by atoms with Gasteiger partial charge in [0.15, 0.2) is 0 Å². The Morgan fingerprint density at radius 1 is 0.853 bits per heavy atom. The summed E-state index contributed by atoms with van der Waals surface area (Å²) in [6.45, 7) is 0.727. The van der Waals surface area contributed by atoms with Gasteiger partial charge in [-0.05, 0) is 29.8 Å². The first-order valence-electron chi connectivity index (χ1n) is 11.0. The van der Waals surface area contributed by atoms with Gasteiger partial charge < -0.3 is 14.8 Å². The topological polar surface area (TPSA) is 73.5 Å². The molecule has 5 rings (SSSR count). The Labute approximate surface area is 195 Å². The van der Waals surface area contributed by atoms with Gasteiger partial charge in [0.25, 0.3) is 17.6 Å². The van der Waals surface area contributed by atoms with E-state index < -0.39 is 23.5 Å². The van der Waals surface area contributed by atoms with E-state index in [0.29, 0.717) is 17.6 Å². The van der Waals surface area contributed by atoms with Crippen LogP contribution in [0.25, 0.3) is 10.9 Å². The number of carbonyl (C=O) groups excluding carboxylic acids is 3. The fourth-order valence-electron chi connectivity index (χ4n) is 4.50. The fourth-order valence-corrected chi connectivity index (χ4v) is 4.50. The summed E-state index contributed by atoms with van der Waals surface area (Å²) < 4.78 is 14.4. The number of carbonyl (C=O) groups is 3. The lowest BCUT2D eigenvalue weighted by Crippen LogP contribution is -2.53. The average Bonchev–Trinajstić information content (AvgIpc) is 3.34. The number of benzene rings is 3. The normalized spacial score (nSPS) is 16.0. The minimum atomic E-state index is -0.778. The summed E-state index contributed by atoms with van der Waals surface area (Å²) in [6.07, 6.45) is 1.38. The molecule has 1 aromatic heterocycles. The van der Waals surface area contributed by atoms with Crippen LogP contribution in [-0.2, 0) is 4.79 Å². The van der Waals surface area contributed by atoms with Crippen LogP contribution < -0.4 is 0 Å². The highest BCUT2D eigenvalue weighted by Crippen LogP contribution is 2.29. The molecule has 1 saturated heterocycles. The van der Waals surface area contributed by atoms with Gasteiger partial charge in [0.2, 0.25) is 0 Å². The van der Waals surface area contributed by atoms with Gasteiger partial charge in [-0.3, -0.25) is 14.4 Å². The van der Waals surface area contributed by atoms with Gasteiger partial charge in [0, 0.05) is 42.3 Å². The van der Waals surface area contributed by atoms with Gasteiger partial charge >= 0.3 is 0 Å². The van der Waals surface area contributed by atoms with Crippen molar-refractivity contribution in [3.8, 4) is 0 Å². The number of H-pyrrole nitrogens is 1. The standard InChI is InChI=1S/C27H22FN3O3/c28-21-12-7-13-22-24(21)20(16-29-22)25(32)27(34)31-15-14-30(26(33)19-10-5-2-6-11-19)17-23(31)18-8-3-1-4-9-18/h1-13,16,23,29H,14-15,17H2. The van der Waals surface area contributed by atoms with E-state index in [0.717, 1.165) is 5.56 Å². The molecular weight excluding hydrogens is 433 g/mol. The van der Waals surface area contributed by atoms with Crippen LogP contribution in [-0.4, -0.2) is 52.0 Å². The Hall–Kier alpha value is -4.26. The minimum absolute atomic E-state index is 0.00713. The lowest BCUT2D eigenvalue weighted by Gasteiger charge is -2.41. The van der Waals surface area contributed by atoms with Gasteiger partial charge in [-0.25, -0.2) is 4.39 Å². The number of fused-ring (bicyclic) bond motifs is 1. The number of halogens is 1. The zero-order chi connectivity index (χ0) is 23.7. The number of Topliss-reactive ketones (excluding diaryl/α,β-unsaturated/α-hetero) is 1. The van der Waals surface area contributed by atoms with Crippen molar-refractivity contribution in [2.75, 3.05) is 19.6 Å². The van der Waals surface area contributed by atoms with Crippen molar-refractivity contribution in [3.63, 3.8) is 0 Å². The minimum Gasteiger partial charge on any atom is -0.360 e. The zero-order valence-electron chi connectivity index (χ0n) is 18.3. The average molecular weight is 455 g/mol. The molecule has 1 N–H and O–H groups in total. The van der Waals surface area contributed by atoms with E-state index in [4.69, 9.17) is 0 Å². The summed E-state index contributed by atoms with van der Waals surface area (Å²) in [6, 6.07) is 22.2. The van der Waals surface area contributed by atoms with Crippen LogP contribution >= 0.6 is 0 Å². The number of ketones is 1. The largest absolute Gasteiger partial charge is 0.360 e. The maximum Gasteiger partial charge on any atom is 0.295 e. The van der Waals surface area contributed by atoms with E-state index in [2.05, 4.69) is 4.98 Å². The summed E-state index contributed by atoms with van der Waals surface area (Å²) in [5.41, 5.74) is 1.85. The maximum absolute atomic E-state index is 14.4. The number of aromatic nitrogens is 1. The molecule has 1 aliphatic rings. The second kappa shape index (κ2) is 8.94. The molecule has 0 aliphatic carbocycles. The molecule has 2 amide bonds. The quantitative estimate of drug-likeness (QED) is 0.370. The first-order valence-corrected chi connectivity index (χ1v) is 11.0. The van der Waals surface area contributed by atoms with Crippen LogP contribution in [0.1, 0.15) is 32.3 Å². The maximum atomic E-state index is 14.4. The van der Waals surface area contributed by atoms with E-state index in [9.17, 15) is 18.8 Å². The lowest BCUT2D eigenvalue weighted by molar-refractivity contribution is -0.131. The Balaban J connectivity index is 1.46. The molecule has 0 saturated carbocycles. The van der Waals surface area contributed by atoms with Crippen molar-refractivity contribution in [2.45, 2.75) is 6.04 Å². The first kappa shape index (κ1) is 21.6. The number of nitrogens with one attached hydrogen (secondary N) is 1. The molecule has 3 aromatic carbocycles. The molecule has 1 unspecified atom stereocenters. The van der Waals surface area contributed by atoms with Gasteiger partial charge in [-0.15, -0.1) is 0 Å². The van der Waals surface area contributed by atoms with Crippen LogP contribution in [0.3, 0.4) is 0 Å². The van der Waals surface area contributed by atoms with E-state index in [1.54, 1.807) is 41.3 Å². The molecule has 0 bridgehead atoms. The highest BCUT2D eigenvalue weighted by molar-refractivity contribution is 6.45. The van der Waals surface area contributed by atoms with Crippen molar-refractivity contribution >= 4 is 28.5 Å². The molecule has 1 fully saturated rings. The molecule has 1 aliphatic heterocycles. The second-order valence-electron chi connectivity index (χ2n) is 8.24. The fraction of sp³-hybridized carbons (Fsp3) is 0.148. The Kier molecular flexibility index (Phi) is 5.67. The van der Waals surface area contributed by atoms with Crippen LogP contribution in [0.15, 0.2) is 85.1 Å². The van der Waals surface area contributed by atoms with E-state index in [1.807, 2.05) is 36.4 Å². The van der Waals surface area contributed by atoms with Crippen LogP contribution in [0, 0.1) is 5.82 Å². The van der Waals surface area contributed by atoms with E-state index in [1.165, 1.54) is 17.2 Å². The Morgan fingerprint density at radius 2 is 1.56 bits per heavy atom. The summed E-state index contributed by atoms with van der Waals surface area (Å²) in [5.74, 6) is -2.18. The Bertz CT molecular complexity index is 1370. The number of hydrogen-bond acceptors (Lipinski definition) is 3. The molecular formula is C27H22FN3O3. The highest BCUT2D eigenvalue weighted by Gasteiger charge is 2.37. The molecule has 7 heteroatoms. The van der Waals surface area contributed by atoms with Gasteiger partial charge in [0.05, 0.1) is 11.6 Å². The summed E-state index contributed by atoms with van der Waals surface area (Å²) in [7, 11) is 0. The monoisotopic (exact) mass is 455 g/mol. The van der Waals surface area contributed by atoms with Gasteiger partial charge in [0.1, 0.15) is 5.82 Å². The Morgan fingerprint density at radius 3 is 2.29 bits per heavy atom. The van der Waals surface area contributed by atoms with Gasteiger partial charge in [-0.1, -0.05) is 54.6 Å². The number of amides is 2. The van der Waals surface area contributed by atoms with Crippen molar-refractivity contribution < 1.29 is 18.8 Å².